The largest absolute Gasteiger partial charge is 0.495 e. The summed E-state index contributed by atoms with van der Waals surface area (Å²) in [4.78, 5) is 69.9. The van der Waals surface area contributed by atoms with Crippen molar-refractivity contribution in [3.8, 4) is 5.75 Å². The van der Waals surface area contributed by atoms with Crippen molar-refractivity contribution in [3.05, 3.63) is 53.6 Å². The fraction of sp³-hybridized carbons (Fsp3) is 0.500. The van der Waals surface area contributed by atoms with E-state index in [-0.39, 0.29) is 30.7 Å². The number of benzene rings is 2. The number of carboxylic acids is 1. The van der Waals surface area contributed by atoms with Crippen LogP contribution in [0.2, 0.25) is 0 Å². The van der Waals surface area contributed by atoms with Crippen molar-refractivity contribution in [2.45, 2.75) is 58.4 Å². The number of methoxy groups -OCH3 is 1. The van der Waals surface area contributed by atoms with Crippen molar-refractivity contribution in [3.63, 3.8) is 0 Å². The minimum Gasteiger partial charge on any atom is -0.495 e. The molecule has 0 aromatic heterocycles. The molecule has 3 N–H and O–H groups in total. The third-order valence-corrected chi connectivity index (χ3v) is 8.63. The minimum atomic E-state index is -0.983. The lowest BCUT2D eigenvalue weighted by molar-refractivity contribution is -0.138. The Kier molecular flexibility index (Phi) is 12.4. The van der Waals surface area contributed by atoms with Crippen LogP contribution >= 0.6 is 0 Å². The summed E-state index contributed by atoms with van der Waals surface area (Å²) < 4.78 is 5.50. The maximum Gasteiger partial charge on any atom is 0.323 e. The van der Waals surface area contributed by atoms with E-state index in [0.717, 1.165) is 17.5 Å². The first-order chi connectivity index (χ1) is 22.5. The average Bonchev–Trinajstić information content (AvgIpc) is 3.28. The van der Waals surface area contributed by atoms with E-state index in [2.05, 4.69) is 10.6 Å². The molecule has 2 aromatic carbocycles. The van der Waals surface area contributed by atoms with Crippen LogP contribution in [0.25, 0.3) is 0 Å². The zero-order valence-electron chi connectivity index (χ0n) is 27.5. The van der Waals surface area contributed by atoms with Gasteiger partial charge in [-0.1, -0.05) is 24.3 Å². The Morgan fingerprint density at radius 2 is 1.68 bits per heavy atom. The number of hydrogen-bond donors (Lipinski definition) is 3. The normalized spacial score (nSPS) is 15.6. The molecule has 2 aliphatic rings. The third-order valence-electron chi connectivity index (χ3n) is 8.63. The van der Waals surface area contributed by atoms with Gasteiger partial charge in [0.1, 0.15) is 5.75 Å². The van der Waals surface area contributed by atoms with Gasteiger partial charge in [-0.05, 0) is 62.4 Å². The molecule has 0 spiro atoms. The molecule has 6 amide bonds. The van der Waals surface area contributed by atoms with Crippen molar-refractivity contribution in [1.82, 2.24) is 19.6 Å². The molecule has 0 aliphatic carbocycles. The van der Waals surface area contributed by atoms with Gasteiger partial charge in [-0.15, -0.1) is 0 Å². The minimum absolute atomic E-state index is 0.0919. The number of carbonyl (C=O) groups is 5. The van der Waals surface area contributed by atoms with Crippen LogP contribution in [0.15, 0.2) is 42.5 Å². The Morgan fingerprint density at radius 1 is 0.957 bits per heavy atom. The number of anilines is 2. The van der Waals surface area contributed by atoms with Gasteiger partial charge in [0.15, 0.2) is 0 Å². The number of carbonyl (C=O) groups excluding carboxylic acids is 4. The van der Waals surface area contributed by atoms with Crippen LogP contribution in [0.3, 0.4) is 0 Å². The highest BCUT2D eigenvalue weighted by molar-refractivity contribution is 6.01. The predicted molar refractivity (Wildman–Crippen MR) is 178 cm³/mol. The number of aliphatic carboxylic acids is 1. The van der Waals surface area contributed by atoms with E-state index >= 15 is 0 Å². The number of para-hydroxylation sites is 1. The van der Waals surface area contributed by atoms with Gasteiger partial charge in [0, 0.05) is 64.0 Å². The number of urea groups is 2. The quantitative estimate of drug-likeness (QED) is 0.314. The predicted octanol–water partition coefficient (Wildman–Crippen LogP) is 4.02. The molecule has 2 fully saturated rings. The van der Waals surface area contributed by atoms with Gasteiger partial charge in [-0.2, -0.15) is 0 Å². The number of ether oxygens (including phenoxy) is 1. The van der Waals surface area contributed by atoms with Crippen LogP contribution < -0.4 is 15.4 Å². The summed E-state index contributed by atoms with van der Waals surface area (Å²) >= 11 is 0. The Bertz CT molecular complexity index is 1450. The monoisotopic (exact) mass is 650 g/mol. The Hall–Kier alpha value is -4.81. The van der Waals surface area contributed by atoms with Crippen LogP contribution in [-0.2, 0) is 20.8 Å². The summed E-state index contributed by atoms with van der Waals surface area (Å²) in [6.45, 7) is 6.84. The first-order valence-electron chi connectivity index (χ1n) is 16.2. The summed E-state index contributed by atoms with van der Waals surface area (Å²) in [6.07, 6.45) is 2.48. The second-order valence-electron chi connectivity index (χ2n) is 12.1. The second kappa shape index (κ2) is 16.7. The number of aryl methyl sites for hydroxylation is 1. The number of nitrogens with one attached hydrogen (secondary N) is 2. The summed E-state index contributed by atoms with van der Waals surface area (Å²) in [5.74, 6) is -0.534. The number of hydrogen-bond acceptors (Lipinski definition) is 6. The van der Waals surface area contributed by atoms with E-state index in [0.29, 0.717) is 82.2 Å². The summed E-state index contributed by atoms with van der Waals surface area (Å²) in [6, 6.07) is 11.5. The number of likely N-dealkylation sites (tertiary alicyclic amines) is 1. The molecule has 0 saturated carbocycles. The lowest BCUT2D eigenvalue weighted by atomic mass is 10.1. The molecule has 13 nitrogen and oxygen atoms in total. The molecule has 13 heteroatoms. The Morgan fingerprint density at radius 3 is 2.38 bits per heavy atom. The SMILES string of the molecule is COc1cc(CC(=O)N2CCCN(C(=O)N(CCCN3CCCC3=O)C(C)CC(=O)O)CC2)ccc1NC(=O)Nc1ccccc1C. The fourth-order valence-electron chi connectivity index (χ4n) is 6.00. The van der Waals surface area contributed by atoms with Crippen LogP contribution in [0, 0.1) is 6.92 Å². The van der Waals surface area contributed by atoms with Gasteiger partial charge < -0.3 is 40.1 Å². The Labute approximate surface area is 275 Å². The van der Waals surface area contributed by atoms with E-state index in [1.807, 2.05) is 31.2 Å². The molecule has 254 valence electrons. The lowest BCUT2D eigenvalue weighted by Crippen LogP contribution is -2.50. The maximum atomic E-state index is 13.7. The lowest BCUT2D eigenvalue weighted by Gasteiger charge is -2.34. The molecule has 1 atom stereocenters. The van der Waals surface area contributed by atoms with Crippen molar-refractivity contribution in [2.24, 2.45) is 0 Å². The topological polar surface area (TPSA) is 152 Å². The summed E-state index contributed by atoms with van der Waals surface area (Å²) in [5.41, 5.74) is 2.81. The molecule has 4 rings (SSSR count). The maximum absolute atomic E-state index is 13.7. The zero-order valence-corrected chi connectivity index (χ0v) is 27.5. The van der Waals surface area contributed by atoms with Gasteiger partial charge in [0.2, 0.25) is 11.8 Å². The van der Waals surface area contributed by atoms with E-state index in [4.69, 9.17) is 4.74 Å². The standard InChI is InChI=1S/C34H46N6O7/c1-24-9-4-5-10-27(24)35-33(45)36-28-13-12-26(22-29(28)47-3)23-31(42)38-15-7-17-39(20-19-38)34(46)40(25(2)21-32(43)44)18-8-16-37-14-6-11-30(37)41/h4-5,9-10,12-13,22,25H,6-8,11,14-21,23H2,1-3H3,(H,43,44)(H2,35,36,45). The van der Waals surface area contributed by atoms with Crippen LogP contribution in [0.1, 0.15) is 50.2 Å². The van der Waals surface area contributed by atoms with Crippen LogP contribution in [0.5, 0.6) is 5.75 Å². The van der Waals surface area contributed by atoms with Crippen LogP contribution in [0.4, 0.5) is 21.0 Å². The number of nitrogens with zero attached hydrogens (tertiary/aromatic N) is 4. The number of amides is 6. The van der Waals surface area contributed by atoms with Gasteiger partial charge in [0.25, 0.3) is 0 Å². The molecule has 1 unspecified atom stereocenters. The Balaban J connectivity index is 1.32. The van der Waals surface area contributed by atoms with Gasteiger partial charge in [0.05, 0.1) is 25.6 Å². The van der Waals surface area contributed by atoms with E-state index in [1.54, 1.807) is 44.7 Å². The molecule has 2 aromatic rings. The van der Waals surface area contributed by atoms with Gasteiger partial charge >= 0.3 is 18.0 Å². The average molecular weight is 651 g/mol. The number of carboxylic acid groups (broad SMARTS) is 1. The fourth-order valence-corrected chi connectivity index (χ4v) is 6.00. The van der Waals surface area contributed by atoms with Gasteiger partial charge in [-0.3, -0.25) is 14.4 Å². The zero-order chi connectivity index (χ0) is 33.9. The van der Waals surface area contributed by atoms with E-state index in [1.165, 1.54) is 7.11 Å². The molecule has 2 saturated heterocycles. The third kappa shape index (κ3) is 9.84. The van der Waals surface area contributed by atoms with Crippen molar-refractivity contribution >= 4 is 41.2 Å². The molecule has 0 bridgehead atoms. The van der Waals surface area contributed by atoms with Crippen molar-refractivity contribution < 1.29 is 33.8 Å². The van der Waals surface area contributed by atoms with Crippen molar-refractivity contribution in [2.75, 3.05) is 63.6 Å². The highest BCUT2D eigenvalue weighted by atomic mass is 16.5. The highest BCUT2D eigenvalue weighted by Gasteiger charge is 2.29. The van der Waals surface area contributed by atoms with Crippen molar-refractivity contribution in [1.29, 1.82) is 0 Å². The van der Waals surface area contributed by atoms with Crippen LogP contribution in [-0.4, -0.2) is 114 Å². The number of rotatable bonds is 12. The summed E-state index contributed by atoms with van der Waals surface area (Å²) in [7, 11) is 1.50. The highest BCUT2D eigenvalue weighted by Crippen LogP contribution is 2.27. The molecular formula is C34H46N6O7. The van der Waals surface area contributed by atoms with E-state index in [9.17, 15) is 29.1 Å². The molecule has 47 heavy (non-hydrogen) atoms. The first-order valence-corrected chi connectivity index (χ1v) is 16.2. The molecule has 2 heterocycles. The summed E-state index contributed by atoms with van der Waals surface area (Å²) in [5, 5.41) is 15.0. The second-order valence-corrected chi connectivity index (χ2v) is 12.1. The van der Waals surface area contributed by atoms with E-state index < -0.39 is 18.0 Å². The molecule has 2 aliphatic heterocycles. The molecular weight excluding hydrogens is 604 g/mol. The molecule has 0 radical (unpaired) electrons. The first kappa shape index (κ1) is 35.1. The van der Waals surface area contributed by atoms with Gasteiger partial charge in [-0.25, -0.2) is 9.59 Å². The smallest absolute Gasteiger partial charge is 0.323 e.